The summed E-state index contributed by atoms with van der Waals surface area (Å²) in [5.41, 5.74) is 1.71. The van der Waals surface area contributed by atoms with Crippen LogP contribution in [0, 0.1) is 5.92 Å². The van der Waals surface area contributed by atoms with E-state index in [9.17, 15) is 0 Å². The molecule has 0 radical (unpaired) electrons. The van der Waals surface area contributed by atoms with Gasteiger partial charge in [0.1, 0.15) is 0 Å². The minimum Gasteiger partial charge on any atom is -0.381 e. The highest BCUT2D eigenvalue weighted by Crippen LogP contribution is 2.27. The van der Waals surface area contributed by atoms with Gasteiger partial charge in [0.15, 0.2) is 0 Å². The lowest BCUT2D eigenvalue weighted by atomic mass is 9.85. The van der Waals surface area contributed by atoms with Crippen LogP contribution in [0.3, 0.4) is 0 Å². The average Bonchev–Trinajstić information content (AvgIpc) is 2.45. The molecule has 2 rings (SSSR count). The van der Waals surface area contributed by atoms with Crippen molar-refractivity contribution in [3.05, 3.63) is 11.6 Å². The normalized spacial score (nSPS) is 23.7. The summed E-state index contributed by atoms with van der Waals surface area (Å²) < 4.78 is 5.50. The van der Waals surface area contributed by atoms with Gasteiger partial charge in [-0.05, 0) is 63.8 Å². The van der Waals surface area contributed by atoms with Crippen molar-refractivity contribution in [2.75, 3.05) is 19.8 Å². The van der Waals surface area contributed by atoms with Crippen LogP contribution in [-0.4, -0.2) is 25.8 Å². The van der Waals surface area contributed by atoms with Crippen molar-refractivity contribution in [3.8, 4) is 0 Å². The summed E-state index contributed by atoms with van der Waals surface area (Å²) in [6.45, 7) is 5.35. The fourth-order valence-electron chi connectivity index (χ4n) is 3.23. The van der Waals surface area contributed by atoms with Gasteiger partial charge in [-0.2, -0.15) is 0 Å². The van der Waals surface area contributed by atoms with Crippen molar-refractivity contribution < 1.29 is 4.74 Å². The predicted molar refractivity (Wildman–Crippen MR) is 76.8 cm³/mol. The Bertz CT molecular complexity index is 256. The minimum absolute atomic E-state index is 0.693. The van der Waals surface area contributed by atoms with Crippen LogP contribution in [0.2, 0.25) is 0 Å². The van der Waals surface area contributed by atoms with E-state index in [2.05, 4.69) is 18.3 Å². The topological polar surface area (TPSA) is 21.3 Å². The average molecular weight is 251 g/mol. The molecule has 1 saturated heterocycles. The molecule has 0 aromatic carbocycles. The van der Waals surface area contributed by atoms with Crippen LogP contribution in [0.5, 0.6) is 0 Å². The van der Waals surface area contributed by atoms with Crippen LogP contribution >= 0.6 is 0 Å². The molecule has 1 aliphatic heterocycles. The van der Waals surface area contributed by atoms with Gasteiger partial charge in [-0.15, -0.1) is 0 Å². The van der Waals surface area contributed by atoms with Gasteiger partial charge in [0, 0.05) is 19.3 Å². The third-order valence-corrected chi connectivity index (χ3v) is 4.36. The molecule has 1 atom stereocenters. The third-order valence-electron chi connectivity index (χ3n) is 4.36. The smallest absolute Gasteiger partial charge is 0.0469 e. The lowest BCUT2D eigenvalue weighted by Gasteiger charge is -2.32. The van der Waals surface area contributed by atoms with E-state index in [0.717, 1.165) is 25.7 Å². The van der Waals surface area contributed by atoms with Crippen LogP contribution in [0.4, 0.5) is 0 Å². The van der Waals surface area contributed by atoms with Crippen LogP contribution in [0.15, 0.2) is 11.6 Å². The van der Waals surface area contributed by atoms with Crippen LogP contribution < -0.4 is 5.32 Å². The maximum atomic E-state index is 5.50. The van der Waals surface area contributed by atoms with Crippen LogP contribution in [0.25, 0.3) is 0 Å². The first-order valence-electron chi connectivity index (χ1n) is 7.89. The summed E-state index contributed by atoms with van der Waals surface area (Å²) in [7, 11) is 0. The minimum atomic E-state index is 0.693. The van der Waals surface area contributed by atoms with E-state index < -0.39 is 0 Å². The van der Waals surface area contributed by atoms with E-state index in [1.54, 1.807) is 5.57 Å². The number of hydrogen-bond acceptors (Lipinski definition) is 2. The molecule has 0 spiro atoms. The molecule has 0 saturated carbocycles. The summed E-state index contributed by atoms with van der Waals surface area (Å²) in [5, 5.41) is 3.79. The summed E-state index contributed by atoms with van der Waals surface area (Å²) in [6.07, 6.45) is 13.0. The van der Waals surface area contributed by atoms with Gasteiger partial charge in [0.2, 0.25) is 0 Å². The summed E-state index contributed by atoms with van der Waals surface area (Å²) in [4.78, 5) is 0. The second-order valence-corrected chi connectivity index (χ2v) is 5.82. The van der Waals surface area contributed by atoms with E-state index in [1.165, 1.54) is 51.4 Å². The number of ether oxygens (including phenoxy) is 1. The molecule has 1 heterocycles. The standard InChI is InChI=1S/C16H29NO/c1-2-10-17-16(15-8-11-18-12-9-15)13-14-6-4-3-5-7-14/h6,15-17H,2-5,7-13H2,1H3. The zero-order valence-corrected chi connectivity index (χ0v) is 11.9. The summed E-state index contributed by atoms with van der Waals surface area (Å²) >= 11 is 0. The molecule has 2 heteroatoms. The molecule has 1 fully saturated rings. The predicted octanol–water partition coefficient (Wildman–Crippen LogP) is 3.67. The lowest BCUT2D eigenvalue weighted by Crippen LogP contribution is -2.39. The van der Waals surface area contributed by atoms with Gasteiger partial charge in [-0.25, -0.2) is 0 Å². The van der Waals surface area contributed by atoms with Crippen molar-refractivity contribution in [2.45, 2.75) is 64.3 Å². The maximum Gasteiger partial charge on any atom is 0.0469 e. The van der Waals surface area contributed by atoms with Gasteiger partial charge in [-0.3, -0.25) is 0 Å². The SMILES string of the molecule is CCCNC(CC1=CCCCC1)C1CCOCC1. The first-order valence-corrected chi connectivity index (χ1v) is 7.89. The largest absolute Gasteiger partial charge is 0.381 e. The van der Waals surface area contributed by atoms with Gasteiger partial charge in [-0.1, -0.05) is 18.6 Å². The Labute approximate surface area is 112 Å². The molecule has 18 heavy (non-hydrogen) atoms. The van der Waals surface area contributed by atoms with Gasteiger partial charge in [0.25, 0.3) is 0 Å². The number of rotatable bonds is 6. The monoisotopic (exact) mass is 251 g/mol. The molecule has 1 unspecified atom stereocenters. The second kappa shape index (κ2) is 7.96. The van der Waals surface area contributed by atoms with Crippen molar-refractivity contribution in [1.82, 2.24) is 5.32 Å². The van der Waals surface area contributed by atoms with E-state index in [4.69, 9.17) is 4.74 Å². The molecule has 0 aromatic heterocycles. The van der Waals surface area contributed by atoms with Crippen molar-refractivity contribution in [2.24, 2.45) is 5.92 Å². The van der Waals surface area contributed by atoms with Gasteiger partial charge in [0.05, 0.1) is 0 Å². The maximum absolute atomic E-state index is 5.50. The Morgan fingerprint density at radius 3 is 2.83 bits per heavy atom. The first kappa shape index (κ1) is 14.1. The highest BCUT2D eigenvalue weighted by Gasteiger charge is 2.24. The van der Waals surface area contributed by atoms with Crippen molar-refractivity contribution in [1.29, 1.82) is 0 Å². The summed E-state index contributed by atoms with van der Waals surface area (Å²) in [6, 6.07) is 0.693. The van der Waals surface area contributed by atoms with E-state index in [1.807, 2.05) is 0 Å². The molecular formula is C16H29NO. The number of hydrogen-bond donors (Lipinski definition) is 1. The zero-order valence-electron chi connectivity index (χ0n) is 11.9. The van der Waals surface area contributed by atoms with Crippen molar-refractivity contribution in [3.63, 3.8) is 0 Å². The fraction of sp³-hybridized carbons (Fsp3) is 0.875. The van der Waals surface area contributed by atoms with Crippen molar-refractivity contribution >= 4 is 0 Å². The zero-order chi connectivity index (χ0) is 12.6. The fourth-order valence-corrected chi connectivity index (χ4v) is 3.23. The Morgan fingerprint density at radius 2 is 2.17 bits per heavy atom. The number of nitrogens with one attached hydrogen (secondary N) is 1. The third kappa shape index (κ3) is 4.40. The Hall–Kier alpha value is -0.340. The quantitative estimate of drug-likeness (QED) is 0.727. The summed E-state index contributed by atoms with van der Waals surface area (Å²) in [5.74, 6) is 0.827. The Balaban J connectivity index is 1.88. The molecule has 1 aliphatic carbocycles. The molecule has 104 valence electrons. The molecule has 0 bridgehead atoms. The highest BCUT2D eigenvalue weighted by atomic mass is 16.5. The van der Waals surface area contributed by atoms with Crippen LogP contribution in [0.1, 0.15) is 58.3 Å². The Kier molecular flexibility index (Phi) is 6.22. The Morgan fingerprint density at radius 1 is 1.33 bits per heavy atom. The molecule has 0 aromatic rings. The second-order valence-electron chi connectivity index (χ2n) is 5.82. The molecule has 2 nitrogen and oxygen atoms in total. The van der Waals surface area contributed by atoms with E-state index >= 15 is 0 Å². The molecule has 0 amide bonds. The molecular weight excluding hydrogens is 222 g/mol. The molecule has 1 N–H and O–H groups in total. The van der Waals surface area contributed by atoms with Crippen LogP contribution in [-0.2, 0) is 4.74 Å². The number of allylic oxidation sites excluding steroid dienone is 1. The van der Waals surface area contributed by atoms with E-state index in [-0.39, 0.29) is 0 Å². The van der Waals surface area contributed by atoms with Gasteiger partial charge >= 0.3 is 0 Å². The highest BCUT2D eigenvalue weighted by molar-refractivity contribution is 5.07. The lowest BCUT2D eigenvalue weighted by molar-refractivity contribution is 0.0536. The van der Waals surface area contributed by atoms with Gasteiger partial charge < -0.3 is 10.1 Å². The first-order chi connectivity index (χ1) is 8.90. The van der Waals surface area contributed by atoms with E-state index in [0.29, 0.717) is 6.04 Å². The molecule has 2 aliphatic rings.